The van der Waals surface area contributed by atoms with Gasteiger partial charge in [0.25, 0.3) is 0 Å². The van der Waals surface area contributed by atoms with E-state index in [-0.39, 0.29) is 11.9 Å². The molecule has 0 aliphatic carbocycles. The Kier molecular flexibility index (Phi) is 4.85. The minimum atomic E-state index is -0.194. The lowest BCUT2D eigenvalue weighted by molar-refractivity contribution is 0.568. The summed E-state index contributed by atoms with van der Waals surface area (Å²) in [7, 11) is 1.90. The minimum Gasteiger partial charge on any atom is -0.313 e. The lowest BCUT2D eigenvalue weighted by Crippen LogP contribution is -2.20. The smallest absolute Gasteiger partial charge is 0.123 e. The topological polar surface area (TPSA) is 24.9 Å². The normalized spacial score (nSPS) is 12.4. The second kappa shape index (κ2) is 6.62. The van der Waals surface area contributed by atoms with Gasteiger partial charge in [-0.15, -0.1) is 0 Å². The number of hydrogen-bond donors (Lipinski definition) is 1. The van der Waals surface area contributed by atoms with E-state index < -0.39 is 0 Å². The van der Waals surface area contributed by atoms with Crippen LogP contribution in [0.15, 0.2) is 36.5 Å². The number of hydrogen-bond acceptors (Lipinski definition) is 2. The van der Waals surface area contributed by atoms with Crippen LogP contribution in [0.1, 0.15) is 35.3 Å². The number of likely N-dealkylation sites (N-methyl/N-ethyl adjacent to an activating group) is 1. The van der Waals surface area contributed by atoms with Gasteiger partial charge in [0.1, 0.15) is 5.82 Å². The third-order valence-electron chi connectivity index (χ3n) is 3.67. The van der Waals surface area contributed by atoms with E-state index in [1.54, 1.807) is 6.07 Å². The van der Waals surface area contributed by atoms with Gasteiger partial charge in [0.2, 0.25) is 0 Å². The molecule has 2 rings (SSSR count). The van der Waals surface area contributed by atoms with Crippen molar-refractivity contribution in [1.82, 2.24) is 10.3 Å². The van der Waals surface area contributed by atoms with Gasteiger partial charge in [0, 0.05) is 24.4 Å². The number of rotatable bonds is 5. The van der Waals surface area contributed by atoms with Crippen LogP contribution in [0, 0.1) is 12.7 Å². The van der Waals surface area contributed by atoms with Crippen molar-refractivity contribution in [3.8, 4) is 0 Å². The fourth-order valence-electron chi connectivity index (χ4n) is 2.35. The number of pyridine rings is 1. The fraction of sp³-hybridized carbons (Fsp3) is 0.353. The van der Waals surface area contributed by atoms with E-state index in [0.717, 1.165) is 29.7 Å². The van der Waals surface area contributed by atoms with Crippen LogP contribution in [0.25, 0.3) is 0 Å². The zero-order chi connectivity index (χ0) is 14.5. The molecular weight excluding hydrogens is 251 g/mol. The van der Waals surface area contributed by atoms with Crippen LogP contribution in [-0.2, 0) is 12.8 Å². The summed E-state index contributed by atoms with van der Waals surface area (Å²) in [6.45, 7) is 4.12. The zero-order valence-electron chi connectivity index (χ0n) is 12.3. The highest BCUT2D eigenvalue weighted by molar-refractivity contribution is 5.30. The Hall–Kier alpha value is -1.74. The Morgan fingerprint density at radius 2 is 2.05 bits per heavy atom. The minimum absolute atomic E-state index is 0.0747. The lowest BCUT2D eigenvalue weighted by Gasteiger charge is -2.18. The molecular formula is C17H21FN2. The molecule has 0 saturated carbocycles. The summed E-state index contributed by atoms with van der Waals surface area (Å²) in [4.78, 5) is 4.48. The first-order chi connectivity index (χ1) is 9.63. The van der Waals surface area contributed by atoms with E-state index in [0.29, 0.717) is 0 Å². The average molecular weight is 272 g/mol. The van der Waals surface area contributed by atoms with Crippen LogP contribution in [0.4, 0.5) is 4.39 Å². The van der Waals surface area contributed by atoms with Crippen LogP contribution < -0.4 is 5.32 Å². The first kappa shape index (κ1) is 14.7. The molecule has 0 fully saturated rings. The Morgan fingerprint density at radius 3 is 2.65 bits per heavy atom. The highest BCUT2D eigenvalue weighted by Gasteiger charge is 2.14. The van der Waals surface area contributed by atoms with Crippen molar-refractivity contribution in [2.24, 2.45) is 0 Å². The second-order valence-electron chi connectivity index (χ2n) is 5.06. The van der Waals surface area contributed by atoms with Gasteiger partial charge in [0.05, 0.1) is 0 Å². The Labute approximate surface area is 120 Å². The maximum Gasteiger partial charge on any atom is 0.123 e. The monoisotopic (exact) mass is 272 g/mol. The fourth-order valence-corrected chi connectivity index (χ4v) is 2.35. The van der Waals surface area contributed by atoms with Gasteiger partial charge in [-0.3, -0.25) is 4.98 Å². The number of nitrogens with zero attached hydrogens (tertiary/aromatic N) is 1. The van der Waals surface area contributed by atoms with Crippen LogP contribution in [0.2, 0.25) is 0 Å². The molecule has 0 aliphatic heterocycles. The average Bonchev–Trinajstić information content (AvgIpc) is 2.48. The van der Waals surface area contributed by atoms with Crippen LogP contribution in [0.5, 0.6) is 0 Å². The summed E-state index contributed by atoms with van der Waals surface area (Å²) in [6, 6.07) is 9.16. The molecule has 1 aromatic heterocycles. The quantitative estimate of drug-likeness (QED) is 0.899. The molecule has 0 radical (unpaired) electrons. The second-order valence-corrected chi connectivity index (χ2v) is 5.06. The van der Waals surface area contributed by atoms with Crippen molar-refractivity contribution in [2.45, 2.75) is 32.7 Å². The summed E-state index contributed by atoms with van der Waals surface area (Å²) in [5.41, 5.74) is 4.34. The molecule has 1 N–H and O–H groups in total. The number of halogens is 1. The van der Waals surface area contributed by atoms with Gasteiger partial charge in [-0.2, -0.15) is 0 Å². The molecule has 2 aromatic rings. The third-order valence-corrected chi connectivity index (χ3v) is 3.67. The molecule has 2 nitrogen and oxygen atoms in total. The van der Waals surface area contributed by atoms with Crippen LogP contribution >= 0.6 is 0 Å². The molecule has 106 valence electrons. The van der Waals surface area contributed by atoms with Gasteiger partial charge in [-0.05, 0) is 55.3 Å². The molecule has 0 saturated heterocycles. The Bertz CT molecular complexity index is 564. The van der Waals surface area contributed by atoms with E-state index in [9.17, 15) is 4.39 Å². The van der Waals surface area contributed by atoms with Crippen LogP contribution in [0.3, 0.4) is 0 Å². The first-order valence-corrected chi connectivity index (χ1v) is 7.01. The molecule has 20 heavy (non-hydrogen) atoms. The number of aryl methyl sites for hydroxylation is 2. The van der Waals surface area contributed by atoms with Crippen molar-refractivity contribution in [3.05, 3.63) is 64.7 Å². The zero-order valence-corrected chi connectivity index (χ0v) is 12.3. The number of nitrogens with one attached hydrogen (secondary N) is 1. The van der Waals surface area contributed by atoms with Crippen molar-refractivity contribution >= 4 is 0 Å². The van der Waals surface area contributed by atoms with Gasteiger partial charge in [-0.1, -0.05) is 19.1 Å². The highest BCUT2D eigenvalue weighted by atomic mass is 19.1. The van der Waals surface area contributed by atoms with Crippen molar-refractivity contribution in [1.29, 1.82) is 0 Å². The predicted molar refractivity (Wildman–Crippen MR) is 80.3 cm³/mol. The summed E-state index contributed by atoms with van der Waals surface area (Å²) >= 11 is 0. The standard InChI is InChI=1S/C17H21FN2/c1-4-13-6-8-15(20-11-13)10-17(19-3)16-9-14(18)7-5-12(16)2/h5-9,11,17,19H,4,10H2,1-3H3. The molecule has 3 heteroatoms. The van der Waals surface area contributed by atoms with E-state index in [2.05, 4.69) is 29.4 Å². The van der Waals surface area contributed by atoms with Gasteiger partial charge in [0.15, 0.2) is 0 Å². The lowest BCUT2D eigenvalue weighted by atomic mass is 9.97. The first-order valence-electron chi connectivity index (χ1n) is 7.01. The molecule has 0 spiro atoms. The molecule has 1 heterocycles. The Balaban J connectivity index is 2.21. The van der Waals surface area contributed by atoms with E-state index >= 15 is 0 Å². The summed E-state index contributed by atoms with van der Waals surface area (Å²) < 4.78 is 13.4. The molecule has 1 aromatic carbocycles. The van der Waals surface area contributed by atoms with Crippen molar-refractivity contribution in [3.63, 3.8) is 0 Å². The van der Waals surface area contributed by atoms with Gasteiger partial charge in [-0.25, -0.2) is 4.39 Å². The van der Waals surface area contributed by atoms with E-state index in [1.165, 1.54) is 11.6 Å². The maximum absolute atomic E-state index is 13.4. The highest BCUT2D eigenvalue weighted by Crippen LogP contribution is 2.22. The predicted octanol–water partition coefficient (Wildman–Crippen LogP) is 3.59. The summed E-state index contributed by atoms with van der Waals surface area (Å²) in [5.74, 6) is -0.194. The number of benzene rings is 1. The maximum atomic E-state index is 13.4. The Morgan fingerprint density at radius 1 is 1.25 bits per heavy atom. The van der Waals surface area contributed by atoms with E-state index in [1.807, 2.05) is 26.2 Å². The largest absolute Gasteiger partial charge is 0.313 e. The van der Waals surface area contributed by atoms with Crippen molar-refractivity contribution in [2.75, 3.05) is 7.05 Å². The molecule has 0 bridgehead atoms. The molecule has 1 unspecified atom stereocenters. The van der Waals surface area contributed by atoms with Crippen molar-refractivity contribution < 1.29 is 4.39 Å². The van der Waals surface area contributed by atoms with E-state index in [4.69, 9.17) is 0 Å². The summed E-state index contributed by atoms with van der Waals surface area (Å²) in [6.07, 6.45) is 3.66. The third kappa shape index (κ3) is 3.42. The van der Waals surface area contributed by atoms with Crippen LogP contribution in [-0.4, -0.2) is 12.0 Å². The van der Waals surface area contributed by atoms with Gasteiger partial charge < -0.3 is 5.32 Å². The molecule has 1 atom stereocenters. The van der Waals surface area contributed by atoms with Gasteiger partial charge >= 0.3 is 0 Å². The number of aromatic nitrogens is 1. The molecule has 0 aliphatic rings. The molecule has 0 amide bonds. The summed E-state index contributed by atoms with van der Waals surface area (Å²) in [5, 5.41) is 3.26. The SMILES string of the molecule is CCc1ccc(CC(NC)c2cc(F)ccc2C)nc1.